The average Bonchev–Trinajstić information content (AvgIpc) is 3.20. The van der Waals surface area contributed by atoms with Crippen LogP contribution >= 0.6 is 46.3 Å². The van der Waals surface area contributed by atoms with Crippen LogP contribution in [0.4, 0.5) is 5.13 Å². The van der Waals surface area contributed by atoms with Gasteiger partial charge in [0.25, 0.3) is 0 Å². The van der Waals surface area contributed by atoms with Crippen molar-refractivity contribution in [1.82, 2.24) is 19.7 Å². The second-order valence-electron chi connectivity index (χ2n) is 5.14. The number of nitrogens with one attached hydrogen (secondary N) is 1. The number of hydrogen-bond acceptors (Lipinski definition) is 6. The van der Waals surface area contributed by atoms with Gasteiger partial charge in [-0.1, -0.05) is 41.0 Å². The molecule has 2 aromatic heterocycles. The fraction of sp³-hybridized carbons (Fsp3) is 0.200. The second-order valence-corrected chi connectivity index (χ2v) is 8.12. The molecule has 0 aliphatic heterocycles. The smallest absolute Gasteiger partial charge is 0.239 e. The summed E-state index contributed by atoms with van der Waals surface area (Å²) in [6, 6.07) is 5.30. The molecule has 2 heterocycles. The van der Waals surface area contributed by atoms with Crippen molar-refractivity contribution in [3.8, 4) is 11.3 Å². The van der Waals surface area contributed by atoms with Gasteiger partial charge in [-0.3, -0.25) is 4.79 Å². The first-order valence-corrected chi connectivity index (χ1v) is 9.68. The average molecular weight is 414 g/mol. The molecule has 10 heteroatoms. The summed E-state index contributed by atoms with van der Waals surface area (Å²) in [6.07, 6.45) is 1.59. The van der Waals surface area contributed by atoms with Crippen molar-refractivity contribution in [1.29, 1.82) is 0 Å². The largest absolute Gasteiger partial charge is 0.312 e. The number of thiazole rings is 1. The molecule has 6 nitrogen and oxygen atoms in total. The fourth-order valence-electron chi connectivity index (χ4n) is 1.92. The lowest BCUT2D eigenvalue weighted by Gasteiger charge is -2.09. The number of anilines is 1. The minimum atomic E-state index is -0.333. The highest BCUT2D eigenvalue weighted by Crippen LogP contribution is 2.31. The van der Waals surface area contributed by atoms with Gasteiger partial charge in [-0.05, 0) is 19.1 Å². The lowest BCUT2D eigenvalue weighted by Crippen LogP contribution is -2.22. The maximum absolute atomic E-state index is 12.3. The highest BCUT2D eigenvalue weighted by atomic mass is 35.5. The molecule has 0 spiro atoms. The maximum atomic E-state index is 12.3. The van der Waals surface area contributed by atoms with Crippen LogP contribution in [-0.2, 0) is 11.8 Å². The molecule has 3 rings (SSSR count). The summed E-state index contributed by atoms with van der Waals surface area (Å²) in [6.45, 7) is 1.81. The van der Waals surface area contributed by atoms with Gasteiger partial charge in [0.1, 0.15) is 6.33 Å². The summed E-state index contributed by atoms with van der Waals surface area (Å²) in [7, 11) is 1.83. The molecule has 25 heavy (non-hydrogen) atoms. The Balaban J connectivity index is 1.67. The number of amides is 1. The number of carbonyl (C=O) groups excluding carboxylic acids is 1. The zero-order valence-electron chi connectivity index (χ0n) is 13.2. The number of benzene rings is 1. The number of aromatic nitrogens is 4. The Kier molecular flexibility index (Phi) is 5.63. The lowest BCUT2D eigenvalue weighted by molar-refractivity contribution is -0.115. The molecule has 1 amide bonds. The predicted octanol–water partition coefficient (Wildman–Crippen LogP) is 4.36. The van der Waals surface area contributed by atoms with E-state index in [1.807, 2.05) is 25.4 Å². The zero-order chi connectivity index (χ0) is 18.0. The van der Waals surface area contributed by atoms with E-state index in [0.29, 0.717) is 20.3 Å². The molecule has 1 N–H and O–H groups in total. The number of halogens is 2. The van der Waals surface area contributed by atoms with Crippen molar-refractivity contribution in [3.05, 3.63) is 40.0 Å². The highest BCUT2D eigenvalue weighted by molar-refractivity contribution is 8.00. The van der Waals surface area contributed by atoms with Crippen molar-refractivity contribution in [2.75, 3.05) is 5.32 Å². The molecule has 0 saturated heterocycles. The van der Waals surface area contributed by atoms with Gasteiger partial charge in [0.05, 0.1) is 21.0 Å². The zero-order valence-corrected chi connectivity index (χ0v) is 16.4. The van der Waals surface area contributed by atoms with Crippen LogP contribution in [-0.4, -0.2) is 30.9 Å². The quantitative estimate of drug-likeness (QED) is 0.628. The Labute approximate surface area is 162 Å². The number of aryl methyl sites for hydroxylation is 1. The van der Waals surface area contributed by atoms with E-state index in [1.54, 1.807) is 23.0 Å². The standard InChI is InChI=1S/C15H13Cl2N5OS2/c1-8(25-15-21-18-7-22(15)2)13(23)20-14-19-12(6-24-14)9-3-4-10(16)11(17)5-9/h3-8H,1-2H3,(H,19,20,23)/t8-/m1/s1. The minimum absolute atomic E-state index is 0.150. The van der Waals surface area contributed by atoms with E-state index in [4.69, 9.17) is 23.2 Å². The Morgan fingerprint density at radius 2 is 2.16 bits per heavy atom. The van der Waals surface area contributed by atoms with Crippen LogP contribution < -0.4 is 5.32 Å². The first kappa shape index (κ1) is 18.2. The van der Waals surface area contributed by atoms with E-state index < -0.39 is 0 Å². The van der Waals surface area contributed by atoms with Crippen molar-refractivity contribution < 1.29 is 4.79 Å². The summed E-state index contributed by atoms with van der Waals surface area (Å²) in [5.74, 6) is -0.150. The van der Waals surface area contributed by atoms with Gasteiger partial charge < -0.3 is 9.88 Å². The molecule has 3 aromatic rings. The first-order valence-electron chi connectivity index (χ1n) is 7.16. The normalized spacial score (nSPS) is 12.2. The summed E-state index contributed by atoms with van der Waals surface area (Å²) in [5, 5.41) is 14.3. The molecule has 1 atom stereocenters. The van der Waals surface area contributed by atoms with Crippen LogP contribution in [0.5, 0.6) is 0 Å². The van der Waals surface area contributed by atoms with E-state index >= 15 is 0 Å². The third-order valence-electron chi connectivity index (χ3n) is 3.27. The molecule has 0 radical (unpaired) electrons. The van der Waals surface area contributed by atoms with Gasteiger partial charge in [0, 0.05) is 18.0 Å². The fourth-order valence-corrected chi connectivity index (χ4v) is 3.73. The van der Waals surface area contributed by atoms with Gasteiger partial charge >= 0.3 is 0 Å². The van der Waals surface area contributed by atoms with E-state index in [2.05, 4.69) is 20.5 Å². The Morgan fingerprint density at radius 1 is 1.36 bits per heavy atom. The van der Waals surface area contributed by atoms with Gasteiger partial charge in [-0.25, -0.2) is 4.98 Å². The Bertz CT molecular complexity index is 911. The Morgan fingerprint density at radius 3 is 2.84 bits per heavy atom. The highest BCUT2D eigenvalue weighted by Gasteiger charge is 2.18. The topological polar surface area (TPSA) is 72.7 Å². The molecule has 0 aliphatic carbocycles. The van der Waals surface area contributed by atoms with Gasteiger partial charge in [0.2, 0.25) is 5.91 Å². The number of nitrogens with zero attached hydrogens (tertiary/aromatic N) is 4. The van der Waals surface area contributed by atoms with Gasteiger partial charge in [-0.15, -0.1) is 21.5 Å². The third-order valence-corrected chi connectivity index (χ3v) is 5.92. The van der Waals surface area contributed by atoms with E-state index in [0.717, 1.165) is 11.3 Å². The van der Waals surface area contributed by atoms with Crippen molar-refractivity contribution in [3.63, 3.8) is 0 Å². The van der Waals surface area contributed by atoms with Crippen LogP contribution in [0.25, 0.3) is 11.3 Å². The number of rotatable bonds is 5. The molecular weight excluding hydrogens is 401 g/mol. The van der Waals surface area contributed by atoms with Crippen LogP contribution in [0.15, 0.2) is 35.1 Å². The lowest BCUT2D eigenvalue weighted by atomic mass is 10.2. The summed E-state index contributed by atoms with van der Waals surface area (Å²) < 4.78 is 1.76. The summed E-state index contributed by atoms with van der Waals surface area (Å²) in [4.78, 5) is 16.8. The molecule has 0 aliphatic rings. The number of carbonyl (C=O) groups is 1. The Hall–Kier alpha value is -1.61. The molecule has 0 saturated carbocycles. The molecule has 0 fully saturated rings. The molecule has 0 bridgehead atoms. The van der Waals surface area contributed by atoms with Crippen molar-refractivity contribution >= 4 is 57.3 Å². The first-order chi connectivity index (χ1) is 11.9. The van der Waals surface area contributed by atoms with Crippen LogP contribution in [0.3, 0.4) is 0 Å². The molecular formula is C15H13Cl2N5OS2. The van der Waals surface area contributed by atoms with Crippen molar-refractivity contribution in [2.24, 2.45) is 7.05 Å². The monoisotopic (exact) mass is 413 g/mol. The van der Waals surface area contributed by atoms with E-state index in [1.165, 1.54) is 23.1 Å². The summed E-state index contributed by atoms with van der Waals surface area (Å²) >= 11 is 14.6. The molecule has 1 aromatic carbocycles. The number of hydrogen-bond donors (Lipinski definition) is 1. The van der Waals surface area contributed by atoms with Crippen molar-refractivity contribution in [2.45, 2.75) is 17.3 Å². The predicted molar refractivity (Wildman–Crippen MR) is 103 cm³/mol. The van der Waals surface area contributed by atoms with Gasteiger partial charge in [-0.2, -0.15) is 0 Å². The van der Waals surface area contributed by atoms with Gasteiger partial charge in [0.15, 0.2) is 10.3 Å². The van der Waals surface area contributed by atoms with E-state index in [-0.39, 0.29) is 11.2 Å². The second kappa shape index (κ2) is 7.74. The van der Waals surface area contributed by atoms with Crippen LogP contribution in [0.2, 0.25) is 10.0 Å². The van der Waals surface area contributed by atoms with Crippen LogP contribution in [0.1, 0.15) is 6.92 Å². The SMILES string of the molecule is C[C@@H](Sc1nncn1C)C(=O)Nc1nc(-c2ccc(Cl)c(Cl)c2)cs1. The van der Waals surface area contributed by atoms with E-state index in [9.17, 15) is 4.79 Å². The summed E-state index contributed by atoms with van der Waals surface area (Å²) in [5.41, 5.74) is 1.57. The number of thioether (sulfide) groups is 1. The molecule has 130 valence electrons. The maximum Gasteiger partial charge on any atom is 0.239 e. The van der Waals surface area contributed by atoms with Crippen LogP contribution in [0, 0.1) is 0 Å². The minimum Gasteiger partial charge on any atom is -0.312 e. The molecule has 0 unspecified atom stereocenters. The third kappa shape index (κ3) is 4.33.